The third kappa shape index (κ3) is 4.01. The van der Waals surface area contributed by atoms with Crippen molar-refractivity contribution in [2.24, 2.45) is 5.73 Å². The van der Waals surface area contributed by atoms with E-state index in [2.05, 4.69) is 5.32 Å². The number of nitrogens with zero attached hydrogens (tertiary/aromatic N) is 1. The molecule has 0 saturated carbocycles. The molecule has 0 spiro atoms. The van der Waals surface area contributed by atoms with Crippen LogP contribution in [0.2, 0.25) is 0 Å². The summed E-state index contributed by atoms with van der Waals surface area (Å²) in [5, 5.41) is 2.85. The van der Waals surface area contributed by atoms with Crippen molar-refractivity contribution in [2.45, 2.75) is 38.4 Å². The van der Waals surface area contributed by atoms with E-state index in [4.69, 9.17) is 5.73 Å². The summed E-state index contributed by atoms with van der Waals surface area (Å²) in [5.41, 5.74) is 7.26. The molecule has 0 unspecified atom stereocenters. The first kappa shape index (κ1) is 19.0. The van der Waals surface area contributed by atoms with Crippen LogP contribution in [0.5, 0.6) is 0 Å². The lowest BCUT2D eigenvalue weighted by Crippen LogP contribution is -2.47. The van der Waals surface area contributed by atoms with Crippen LogP contribution in [0.3, 0.4) is 0 Å². The van der Waals surface area contributed by atoms with Crippen molar-refractivity contribution in [1.82, 2.24) is 10.2 Å². The highest BCUT2D eigenvalue weighted by Crippen LogP contribution is 2.29. The third-order valence-corrected chi connectivity index (χ3v) is 4.65. The number of amides is 2. The number of likely N-dealkylation sites (tertiary alicyclic amines) is 1. The molecule has 0 aromatic heterocycles. The summed E-state index contributed by atoms with van der Waals surface area (Å²) in [6, 6.07) is 12.3. The number of hydrogen-bond acceptors (Lipinski definition) is 3. The molecule has 2 aromatic carbocycles. The molecular weight excluding hydrogens is 345 g/mol. The minimum Gasteiger partial charge on any atom is -0.352 e. The van der Waals surface area contributed by atoms with Gasteiger partial charge in [0.25, 0.3) is 5.91 Å². The van der Waals surface area contributed by atoms with Crippen LogP contribution in [0.1, 0.15) is 30.6 Å². The van der Waals surface area contributed by atoms with Crippen LogP contribution >= 0.6 is 0 Å². The summed E-state index contributed by atoms with van der Waals surface area (Å²) >= 11 is 0. The number of benzene rings is 2. The molecule has 2 atom stereocenters. The molecule has 1 fully saturated rings. The minimum absolute atomic E-state index is 0.0306. The maximum Gasteiger partial charge on any atom is 0.255 e. The van der Waals surface area contributed by atoms with E-state index >= 15 is 0 Å². The van der Waals surface area contributed by atoms with E-state index in [9.17, 15) is 14.0 Å². The van der Waals surface area contributed by atoms with Crippen molar-refractivity contribution in [2.75, 3.05) is 6.54 Å². The molecule has 1 aliphatic rings. The van der Waals surface area contributed by atoms with Gasteiger partial charge in [-0.25, -0.2) is 4.39 Å². The first-order chi connectivity index (χ1) is 12.9. The molecule has 6 heteroatoms. The summed E-state index contributed by atoms with van der Waals surface area (Å²) in [6.07, 6.45) is 0.409. The topological polar surface area (TPSA) is 75.4 Å². The van der Waals surface area contributed by atoms with E-state index in [0.717, 1.165) is 0 Å². The van der Waals surface area contributed by atoms with Gasteiger partial charge in [-0.2, -0.15) is 0 Å². The van der Waals surface area contributed by atoms with E-state index in [0.29, 0.717) is 29.7 Å². The quantitative estimate of drug-likeness (QED) is 0.870. The van der Waals surface area contributed by atoms with Gasteiger partial charge in [0.15, 0.2) is 0 Å². The number of rotatable bonds is 4. The molecule has 0 radical (unpaired) electrons. The molecule has 0 bridgehead atoms. The Labute approximate surface area is 158 Å². The Hall–Kier alpha value is -2.73. The van der Waals surface area contributed by atoms with Crippen molar-refractivity contribution >= 4 is 11.8 Å². The van der Waals surface area contributed by atoms with Gasteiger partial charge in [0.1, 0.15) is 11.9 Å². The lowest BCUT2D eigenvalue weighted by Gasteiger charge is -2.25. The van der Waals surface area contributed by atoms with Crippen LogP contribution in [0.15, 0.2) is 48.5 Å². The van der Waals surface area contributed by atoms with Crippen LogP contribution < -0.4 is 11.1 Å². The van der Waals surface area contributed by atoms with Gasteiger partial charge >= 0.3 is 0 Å². The maximum absolute atomic E-state index is 14.3. The van der Waals surface area contributed by atoms with Crippen LogP contribution in [0.25, 0.3) is 11.1 Å². The minimum atomic E-state index is -0.622. The summed E-state index contributed by atoms with van der Waals surface area (Å²) in [7, 11) is 0. The highest BCUT2D eigenvalue weighted by atomic mass is 19.1. The lowest BCUT2D eigenvalue weighted by molar-refractivity contribution is -0.125. The third-order valence-electron chi connectivity index (χ3n) is 4.65. The molecular formula is C21H24FN3O2. The fourth-order valence-electron chi connectivity index (χ4n) is 3.46. The Balaban J connectivity index is 1.96. The van der Waals surface area contributed by atoms with E-state index in [1.54, 1.807) is 42.5 Å². The highest BCUT2D eigenvalue weighted by molar-refractivity contribution is 6.03. The predicted molar refractivity (Wildman–Crippen MR) is 103 cm³/mol. The van der Waals surface area contributed by atoms with Gasteiger partial charge < -0.3 is 16.0 Å². The predicted octanol–water partition coefficient (Wildman–Crippen LogP) is 2.56. The fourth-order valence-corrected chi connectivity index (χ4v) is 3.46. The smallest absolute Gasteiger partial charge is 0.255 e. The lowest BCUT2D eigenvalue weighted by atomic mass is 9.98. The molecule has 142 valence electrons. The van der Waals surface area contributed by atoms with Gasteiger partial charge in [0, 0.05) is 29.8 Å². The van der Waals surface area contributed by atoms with Crippen molar-refractivity contribution < 1.29 is 14.0 Å². The summed E-state index contributed by atoms with van der Waals surface area (Å²) < 4.78 is 14.3. The molecule has 2 aromatic rings. The van der Waals surface area contributed by atoms with Gasteiger partial charge in [-0.3, -0.25) is 9.59 Å². The van der Waals surface area contributed by atoms with Crippen LogP contribution in [-0.4, -0.2) is 41.4 Å². The molecule has 5 nitrogen and oxygen atoms in total. The van der Waals surface area contributed by atoms with Gasteiger partial charge in [0.2, 0.25) is 5.91 Å². The highest BCUT2D eigenvalue weighted by Gasteiger charge is 2.39. The van der Waals surface area contributed by atoms with Crippen LogP contribution in [-0.2, 0) is 4.79 Å². The molecule has 3 N–H and O–H groups in total. The van der Waals surface area contributed by atoms with Gasteiger partial charge in [-0.05, 0) is 38.0 Å². The van der Waals surface area contributed by atoms with Gasteiger partial charge in [-0.1, -0.05) is 36.4 Å². The molecule has 1 aliphatic heterocycles. The Kier molecular flexibility index (Phi) is 5.56. The number of carbonyl (C=O) groups is 2. The first-order valence-electron chi connectivity index (χ1n) is 9.09. The van der Waals surface area contributed by atoms with Gasteiger partial charge in [-0.15, -0.1) is 0 Å². The monoisotopic (exact) mass is 369 g/mol. The van der Waals surface area contributed by atoms with E-state index in [-0.39, 0.29) is 23.9 Å². The summed E-state index contributed by atoms with van der Waals surface area (Å²) in [6.45, 7) is 4.03. The second-order valence-electron chi connectivity index (χ2n) is 7.16. The largest absolute Gasteiger partial charge is 0.352 e. The molecule has 1 heterocycles. The molecule has 1 saturated heterocycles. The Morgan fingerprint density at radius 2 is 1.74 bits per heavy atom. The number of hydrogen-bond donors (Lipinski definition) is 2. The normalized spacial score (nSPS) is 19.4. The zero-order valence-electron chi connectivity index (χ0n) is 15.5. The second-order valence-corrected chi connectivity index (χ2v) is 7.16. The van der Waals surface area contributed by atoms with E-state index in [1.165, 1.54) is 11.0 Å². The van der Waals surface area contributed by atoms with Crippen LogP contribution in [0.4, 0.5) is 4.39 Å². The summed E-state index contributed by atoms with van der Waals surface area (Å²) in [4.78, 5) is 27.3. The summed E-state index contributed by atoms with van der Waals surface area (Å²) in [5.74, 6) is -0.926. The van der Waals surface area contributed by atoms with E-state index < -0.39 is 11.9 Å². The average molecular weight is 369 g/mol. The Bertz CT molecular complexity index is 853. The molecule has 3 rings (SSSR count). The van der Waals surface area contributed by atoms with Gasteiger partial charge in [0.05, 0.1) is 0 Å². The first-order valence-corrected chi connectivity index (χ1v) is 9.09. The Morgan fingerprint density at radius 1 is 1.11 bits per heavy atom. The van der Waals surface area contributed by atoms with E-state index in [1.807, 2.05) is 13.8 Å². The zero-order valence-corrected chi connectivity index (χ0v) is 15.5. The Morgan fingerprint density at radius 3 is 2.41 bits per heavy atom. The van der Waals surface area contributed by atoms with Crippen molar-refractivity contribution in [3.63, 3.8) is 0 Å². The molecule has 0 aliphatic carbocycles. The maximum atomic E-state index is 14.3. The van der Waals surface area contributed by atoms with Crippen molar-refractivity contribution in [3.8, 4) is 11.1 Å². The standard InChI is InChI=1S/C21H24FN3O2/c1-13(2)24-20(26)19-11-14(23)12-25(19)21(27)17-9-4-3-7-15(17)16-8-5-6-10-18(16)22/h3-10,13-14,19H,11-12,23H2,1-2H3,(H,24,26)/t14-,19+/m1/s1. The zero-order chi connectivity index (χ0) is 19.6. The number of nitrogens with two attached hydrogens (primary N) is 1. The molecule has 2 amide bonds. The fraction of sp³-hybridized carbons (Fsp3) is 0.333. The van der Waals surface area contributed by atoms with Crippen molar-refractivity contribution in [3.05, 3.63) is 59.9 Å². The second kappa shape index (κ2) is 7.88. The SMILES string of the molecule is CC(C)NC(=O)[C@@H]1C[C@@H](N)CN1C(=O)c1ccccc1-c1ccccc1F. The average Bonchev–Trinajstić information content (AvgIpc) is 3.03. The number of carbonyl (C=O) groups excluding carboxylic acids is 2. The molecule has 27 heavy (non-hydrogen) atoms. The van der Waals surface area contributed by atoms with Crippen LogP contribution in [0, 0.1) is 5.82 Å². The van der Waals surface area contributed by atoms with Crippen molar-refractivity contribution in [1.29, 1.82) is 0 Å². The number of halogens is 1. The number of nitrogens with one attached hydrogen (secondary N) is 1.